The van der Waals surface area contributed by atoms with Crippen molar-refractivity contribution >= 4 is 0 Å². The Hall–Kier alpha value is -2.07. The second-order valence-corrected chi connectivity index (χ2v) is 3.63. The first-order valence-corrected chi connectivity index (χ1v) is 5.29. The highest BCUT2D eigenvalue weighted by atomic mass is 16.5. The number of hydrogen-bond acceptors (Lipinski definition) is 3. The standard InChI is InChI=1S/C13H13NO3/c15-9-11-4-6-12(7-5-11)10-17-13-3-1-2-8-14(13)16/h1-8,15H,9-10H2. The lowest BCUT2D eigenvalue weighted by molar-refractivity contribution is -0.613. The molecule has 0 atom stereocenters. The van der Waals surface area contributed by atoms with Crippen LogP contribution in [0.4, 0.5) is 0 Å². The predicted molar refractivity (Wildman–Crippen MR) is 62.1 cm³/mol. The van der Waals surface area contributed by atoms with Crippen LogP contribution in [-0.2, 0) is 13.2 Å². The molecule has 4 nitrogen and oxygen atoms in total. The molecule has 2 aromatic rings. The lowest BCUT2D eigenvalue weighted by atomic mass is 10.1. The molecule has 0 fully saturated rings. The molecule has 4 heteroatoms. The molecule has 0 unspecified atom stereocenters. The largest absolute Gasteiger partial charge is 0.616 e. The average molecular weight is 231 g/mol. The summed E-state index contributed by atoms with van der Waals surface area (Å²) >= 11 is 0. The van der Waals surface area contributed by atoms with Gasteiger partial charge in [-0.3, -0.25) is 0 Å². The highest BCUT2D eigenvalue weighted by molar-refractivity contribution is 5.21. The zero-order chi connectivity index (χ0) is 12.1. The van der Waals surface area contributed by atoms with Crippen LogP contribution in [-0.4, -0.2) is 5.11 Å². The van der Waals surface area contributed by atoms with Gasteiger partial charge in [0.2, 0.25) is 0 Å². The summed E-state index contributed by atoms with van der Waals surface area (Å²) in [5.74, 6) is 0.277. The highest BCUT2D eigenvalue weighted by Gasteiger charge is 2.04. The molecule has 0 amide bonds. The van der Waals surface area contributed by atoms with E-state index in [1.165, 1.54) is 6.20 Å². The number of hydrogen-bond donors (Lipinski definition) is 1. The molecule has 0 bridgehead atoms. The van der Waals surface area contributed by atoms with Crippen molar-refractivity contribution in [3.8, 4) is 5.88 Å². The summed E-state index contributed by atoms with van der Waals surface area (Å²) in [7, 11) is 0. The van der Waals surface area contributed by atoms with Gasteiger partial charge in [0.1, 0.15) is 6.61 Å². The zero-order valence-corrected chi connectivity index (χ0v) is 9.24. The number of rotatable bonds is 4. The molecule has 17 heavy (non-hydrogen) atoms. The molecule has 0 spiro atoms. The number of aliphatic hydroxyl groups is 1. The number of nitrogens with zero attached hydrogens (tertiary/aromatic N) is 1. The van der Waals surface area contributed by atoms with Gasteiger partial charge in [-0.25, -0.2) is 0 Å². The van der Waals surface area contributed by atoms with E-state index in [4.69, 9.17) is 9.84 Å². The quantitative estimate of drug-likeness (QED) is 0.639. The normalized spacial score (nSPS) is 10.2. The van der Waals surface area contributed by atoms with Crippen LogP contribution < -0.4 is 9.47 Å². The molecule has 1 aromatic heterocycles. The summed E-state index contributed by atoms with van der Waals surface area (Å²) < 4.78 is 6.07. The Morgan fingerprint density at radius 2 is 1.76 bits per heavy atom. The number of aliphatic hydroxyl groups excluding tert-OH is 1. The van der Waals surface area contributed by atoms with Crippen molar-refractivity contribution in [3.05, 3.63) is 65.0 Å². The smallest absolute Gasteiger partial charge is 0.379 e. The minimum atomic E-state index is 0.0282. The summed E-state index contributed by atoms with van der Waals surface area (Å²) in [6.45, 7) is 0.359. The minimum absolute atomic E-state index is 0.0282. The van der Waals surface area contributed by atoms with Crippen LogP contribution in [0.3, 0.4) is 0 Å². The number of pyridine rings is 1. The van der Waals surface area contributed by atoms with E-state index >= 15 is 0 Å². The summed E-state index contributed by atoms with van der Waals surface area (Å²) in [5.41, 5.74) is 1.80. The lowest BCUT2D eigenvalue weighted by Crippen LogP contribution is -2.27. The minimum Gasteiger partial charge on any atom is -0.616 e. The Morgan fingerprint density at radius 1 is 1.06 bits per heavy atom. The molecule has 0 aliphatic heterocycles. The zero-order valence-electron chi connectivity index (χ0n) is 9.24. The molecule has 0 aliphatic carbocycles. The van der Waals surface area contributed by atoms with E-state index in [1.54, 1.807) is 18.2 Å². The number of benzene rings is 1. The maximum Gasteiger partial charge on any atom is 0.379 e. The van der Waals surface area contributed by atoms with E-state index < -0.39 is 0 Å². The highest BCUT2D eigenvalue weighted by Crippen LogP contribution is 2.08. The predicted octanol–water partition coefficient (Wildman–Crippen LogP) is 1.39. The van der Waals surface area contributed by atoms with Gasteiger partial charge < -0.3 is 15.1 Å². The van der Waals surface area contributed by atoms with Gasteiger partial charge in [-0.1, -0.05) is 24.3 Å². The van der Waals surface area contributed by atoms with Gasteiger partial charge in [-0.15, -0.1) is 4.73 Å². The molecule has 1 aromatic carbocycles. The number of aromatic nitrogens is 1. The van der Waals surface area contributed by atoms with E-state index in [2.05, 4.69) is 0 Å². The van der Waals surface area contributed by atoms with Gasteiger partial charge >= 0.3 is 5.88 Å². The Labute approximate surface area is 99.3 Å². The second-order valence-electron chi connectivity index (χ2n) is 3.63. The van der Waals surface area contributed by atoms with Crippen molar-refractivity contribution in [1.29, 1.82) is 0 Å². The Bertz CT molecular complexity index is 482. The summed E-state index contributed by atoms with van der Waals surface area (Å²) in [6.07, 6.45) is 1.39. The molecule has 0 aliphatic rings. The third-order valence-corrected chi connectivity index (χ3v) is 2.38. The van der Waals surface area contributed by atoms with Crippen LogP contribution in [0.2, 0.25) is 0 Å². The van der Waals surface area contributed by atoms with Crippen LogP contribution in [0.1, 0.15) is 11.1 Å². The molecule has 0 saturated heterocycles. The Kier molecular flexibility index (Phi) is 3.57. The van der Waals surface area contributed by atoms with E-state index in [9.17, 15) is 5.21 Å². The fourth-order valence-corrected chi connectivity index (χ4v) is 1.42. The monoisotopic (exact) mass is 231 g/mol. The van der Waals surface area contributed by atoms with Crippen LogP contribution in [0.15, 0.2) is 48.7 Å². The SMILES string of the molecule is [O-][n+]1ccccc1OCc1ccc(CO)cc1. The third-order valence-electron chi connectivity index (χ3n) is 2.38. The van der Waals surface area contributed by atoms with Crippen LogP contribution >= 0.6 is 0 Å². The first-order chi connectivity index (χ1) is 8.29. The first kappa shape index (κ1) is 11.4. The molecule has 1 heterocycles. The second kappa shape index (κ2) is 5.32. The summed E-state index contributed by atoms with van der Waals surface area (Å²) in [5, 5.41) is 20.2. The van der Waals surface area contributed by atoms with Crippen LogP contribution in [0.25, 0.3) is 0 Å². The molecular weight excluding hydrogens is 218 g/mol. The number of ether oxygens (including phenoxy) is 1. The van der Waals surface area contributed by atoms with Crippen molar-refractivity contribution in [2.75, 3.05) is 0 Å². The third kappa shape index (κ3) is 2.95. The van der Waals surface area contributed by atoms with Crippen LogP contribution in [0.5, 0.6) is 5.88 Å². The fraction of sp³-hybridized carbons (Fsp3) is 0.154. The van der Waals surface area contributed by atoms with Gasteiger partial charge in [0.05, 0.1) is 12.7 Å². The van der Waals surface area contributed by atoms with Gasteiger partial charge in [-0.2, -0.15) is 0 Å². The van der Waals surface area contributed by atoms with Crippen molar-refractivity contribution in [2.45, 2.75) is 13.2 Å². The maximum absolute atomic E-state index is 11.3. The molecule has 1 N–H and O–H groups in total. The molecule has 0 radical (unpaired) electrons. The van der Waals surface area contributed by atoms with Crippen molar-refractivity contribution < 1.29 is 14.6 Å². The molecule has 88 valence electrons. The topological polar surface area (TPSA) is 56.4 Å². The van der Waals surface area contributed by atoms with Gasteiger partial charge in [0.25, 0.3) is 0 Å². The Balaban J connectivity index is 2.00. The van der Waals surface area contributed by atoms with E-state index in [0.29, 0.717) is 11.3 Å². The van der Waals surface area contributed by atoms with Gasteiger partial charge in [-0.05, 0) is 17.2 Å². The first-order valence-electron chi connectivity index (χ1n) is 5.29. The van der Waals surface area contributed by atoms with E-state index in [1.807, 2.05) is 24.3 Å². The lowest BCUT2D eigenvalue weighted by Gasteiger charge is -2.06. The fourth-order valence-electron chi connectivity index (χ4n) is 1.42. The summed E-state index contributed by atoms with van der Waals surface area (Å²) in [6, 6.07) is 12.4. The molecular formula is C13H13NO3. The van der Waals surface area contributed by atoms with Crippen molar-refractivity contribution in [2.24, 2.45) is 0 Å². The van der Waals surface area contributed by atoms with E-state index in [-0.39, 0.29) is 12.5 Å². The average Bonchev–Trinajstić information content (AvgIpc) is 2.38. The Morgan fingerprint density at radius 3 is 2.41 bits per heavy atom. The van der Waals surface area contributed by atoms with Crippen molar-refractivity contribution in [1.82, 2.24) is 0 Å². The van der Waals surface area contributed by atoms with Crippen LogP contribution in [0, 0.1) is 5.21 Å². The molecule has 0 saturated carbocycles. The summed E-state index contributed by atoms with van der Waals surface area (Å²) in [4.78, 5) is 0. The van der Waals surface area contributed by atoms with Gasteiger partial charge in [0.15, 0.2) is 6.20 Å². The van der Waals surface area contributed by atoms with E-state index in [0.717, 1.165) is 11.1 Å². The van der Waals surface area contributed by atoms with Crippen molar-refractivity contribution in [3.63, 3.8) is 0 Å². The molecule has 2 rings (SSSR count). The maximum atomic E-state index is 11.3. The van der Waals surface area contributed by atoms with Gasteiger partial charge in [0, 0.05) is 6.07 Å².